The zero-order valence-corrected chi connectivity index (χ0v) is 12.5. The van der Waals surface area contributed by atoms with Crippen molar-refractivity contribution in [1.82, 2.24) is 5.32 Å². The van der Waals surface area contributed by atoms with Crippen LogP contribution in [-0.4, -0.2) is 23.0 Å². The predicted octanol–water partition coefficient (Wildman–Crippen LogP) is 2.58. The molecule has 0 aromatic heterocycles. The molecule has 1 unspecified atom stereocenters. The van der Waals surface area contributed by atoms with Crippen molar-refractivity contribution in [2.75, 3.05) is 0 Å². The Morgan fingerprint density at radius 3 is 2.20 bits per heavy atom. The molecule has 1 rings (SSSR count). The molecule has 0 heterocycles. The molecule has 4 nitrogen and oxygen atoms in total. The number of carboxylic acids is 1. The molecule has 1 atom stereocenters. The first kappa shape index (κ1) is 16.2. The second kappa shape index (κ2) is 6.55. The van der Waals surface area contributed by atoms with Gasteiger partial charge in [0, 0.05) is 0 Å². The van der Waals surface area contributed by atoms with Crippen molar-refractivity contribution in [2.45, 2.75) is 45.6 Å². The Morgan fingerprint density at radius 1 is 1.20 bits per heavy atom. The quantitative estimate of drug-likeness (QED) is 0.840. The molecule has 0 saturated heterocycles. The summed E-state index contributed by atoms with van der Waals surface area (Å²) in [6.45, 7) is 7.47. The minimum absolute atomic E-state index is 0.205. The lowest BCUT2D eigenvalue weighted by atomic mass is 9.83. The molecule has 1 amide bonds. The van der Waals surface area contributed by atoms with Crippen molar-refractivity contribution >= 4 is 11.9 Å². The molecule has 4 heteroatoms. The van der Waals surface area contributed by atoms with Gasteiger partial charge in [0.25, 0.3) is 0 Å². The fraction of sp³-hybridized carbons (Fsp3) is 0.500. The second-order valence-electron chi connectivity index (χ2n) is 5.98. The van der Waals surface area contributed by atoms with Crippen molar-refractivity contribution in [3.05, 3.63) is 35.9 Å². The summed E-state index contributed by atoms with van der Waals surface area (Å²) in [5.41, 5.74) is 0.109. The van der Waals surface area contributed by atoms with Gasteiger partial charge in [0.05, 0.1) is 5.41 Å². The average Bonchev–Trinajstić information content (AvgIpc) is 2.38. The zero-order valence-electron chi connectivity index (χ0n) is 12.5. The normalized spacial score (nSPS) is 13.1. The summed E-state index contributed by atoms with van der Waals surface area (Å²) in [6, 6.07) is 8.53. The Balaban J connectivity index is 2.85. The Kier molecular flexibility index (Phi) is 5.31. The van der Waals surface area contributed by atoms with Gasteiger partial charge in [-0.2, -0.15) is 0 Å². The number of carbonyl (C=O) groups excluding carboxylic acids is 1. The smallest absolute Gasteiger partial charge is 0.326 e. The van der Waals surface area contributed by atoms with Crippen molar-refractivity contribution in [2.24, 2.45) is 5.92 Å². The number of hydrogen-bond donors (Lipinski definition) is 2. The van der Waals surface area contributed by atoms with E-state index in [2.05, 4.69) is 5.32 Å². The molecule has 0 radical (unpaired) electrons. The summed E-state index contributed by atoms with van der Waals surface area (Å²) >= 11 is 0. The van der Waals surface area contributed by atoms with Crippen LogP contribution in [0.4, 0.5) is 0 Å². The lowest BCUT2D eigenvalue weighted by Gasteiger charge is -2.27. The van der Waals surface area contributed by atoms with Crippen molar-refractivity contribution in [1.29, 1.82) is 0 Å². The highest BCUT2D eigenvalue weighted by atomic mass is 16.4. The van der Waals surface area contributed by atoms with Crippen LogP contribution in [0.25, 0.3) is 0 Å². The number of carbonyl (C=O) groups is 2. The van der Waals surface area contributed by atoms with Crippen molar-refractivity contribution in [3.63, 3.8) is 0 Å². The average molecular weight is 277 g/mol. The molecule has 0 saturated carbocycles. The van der Waals surface area contributed by atoms with Crippen LogP contribution < -0.4 is 5.32 Å². The highest BCUT2D eigenvalue weighted by Crippen LogP contribution is 2.23. The van der Waals surface area contributed by atoms with Gasteiger partial charge in [0.15, 0.2) is 0 Å². The molecule has 0 aliphatic carbocycles. The Labute approximate surface area is 120 Å². The van der Waals surface area contributed by atoms with Crippen molar-refractivity contribution < 1.29 is 14.7 Å². The highest BCUT2D eigenvalue weighted by Gasteiger charge is 2.32. The molecule has 0 aliphatic heterocycles. The number of rotatable bonds is 6. The van der Waals surface area contributed by atoms with E-state index in [0.717, 1.165) is 5.56 Å². The van der Waals surface area contributed by atoms with Gasteiger partial charge in [-0.05, 0) is 31.7 Å². The van der Waals surface area contributed by atoms with E-state index in [1.165, 1.54) is 0 Å². The molecule has 2 N–H and O–H groups in total. The van der Waals surface area contributed by atoms with Crippen LogP contribution in [0.3, 0.4) is 0 Å². The Bertz CT molecular complexity index is 466. The van der Waals surface area contributed by atoms with Crippen LogP contribution >= 0.6 is 0 Å². The molecule has 1 aromatic carbocycles. The molecule has 0 fully saturated rings. The minimum Gasteiger partial charge on any atom is -0.480 e. The van der Waals surface area contributed by atoms with Gasteiger partial charge >= 0.3 is 5.97 Å². The maximum Gasteiger partial charge on any atom is 0.326 e. The molecule has 0 bridgehead atoms. The van der Waals surface area contributed by atoms with Gasteiger partial charge in [-0.1, -0.05) is 44.2 Å². The van der Waals surface area contributed by atoms with E-state index in [9.17, 15) is 14.7 Å². The molecular weight excluding hydrogens is 254 g/mol. The lowest BCUT2D eigenvalue weighted by molar-refractivity contribution is -0.143. The number of carboxylic acid groups (broad SMARTS) is 1. The maximum atomic E-state index is 12.4. The first-order valence-corrected chi connectivity index (χ1v) is 6.84. The van der Waals surface area contributed by atoms with Crippen LogP contribution in [0.15, 0.2) is 30.3 Å². The van der Waals surface area contributed by atoms with Crippen LogP contribution in [0, 0.1) is 5.92 Å². The van der Waals surface area contributed by atoms with Crippen molar-refractivity contribution in [3.8, 4) is 0 Å². The number of hydrogen-bond acceptors (Lipinski definition) is 2. The SMILES string of the molecule is CC(C)CC(NC(=O)C(C)(C)c1ccccc1)C(=O)O. The third kappa shape index (κ3) is 4.08. The van der Waals surface area contributed by atoms with Gasteiger partial charge in [-0.3, -0.25) is 4.79 Å². The molecule has 110 valence electrons. The van der Waals surface area contributed by atoms with Crippen LogP contribution in [0.1, 0.15) is 39.7 Å². The Hall–Kier alpha value is -1.84. The lowest BCUT2D eigenvalue weighted by Crippen LogP contribution is -2.48. The first-order chi connectivity index (χ1) is 9.25. The molecule has 1 aromatic rings. The highest BCUT2D eigenvalue weighted by molar-refractivity contribution is 5.90. The molecular formula is C16H23NO3. The van der Waals surface area contributed by atoms with E-state index in [-0.39, 0.29) is 11.8 Å². The summed E-state index contributed by atoms with van der Waals surface area (Å²) in [5, 5.41) is 11.8. The van der Waals surface area contributed by atoms with Gasteiger partial charge in [-0.25, -0.2) is 4.79 Å². The largest absolute Gasteiger partial charge is 0.480 e. The minimum atomic E-state index is -0.990. The summed E-state index contributed by atoms with van der Waals surface area (Å²) in [7, 11) is 0. The number of amides is 1. The number of aliphatic carboxylic acids is 1. The van der Waals surface area contributed by atoms with Gasteiger partial charge in [-0.15, -0.1) is 0 Å². The van der Waals surface area contributed by atoms with Crippen LogP contribution in [0.5, 0.6) is 0 Å². The monoisotopic (exact) mass is 277 g/mol. The molecule has 0 spiro atoms. The fourth-order valence-electron chi connectivity index (χ4n) is 2.02. The van der Waals surface area contributed by atoms with E-state index < -0.39 is 17.4 Å². The van der Waals surface area contributed by atoms with Gasteiger partial charge < -0.3 is 10.4 Å². The third-order valence-corrected chi connectivity index (χ3v) is 3.37. The summed E-state index contributed by atoms with van der Waals surface area (Å²) < 4.78 is 0. The van der Waals surface area contributed by atoms with E-state index >= 15 is 0 Å². The van der Waals surface area contributed by atoms with E-state index in [0.29, 0.717) is 6.42 Å². The third-order valence-electron chi connectivity index (χ3n) is 3.37. The summed E-state index contributed by atoms with van der Waals surface area (Å²) in [5.74, 6) is -1.05. The van der Waals surface area contributed by atoms with Crippen LogP contribution in [-0.2, 0) is 15.0 Å². The standard InChI is InChI=1S/C16H23NO3/c1-11(2)10-13(14(18)19)17-15(20)16(3,4)12-8-6-5-7-9-12/h5-9,11,13H,10H2,1-4H3,(H,17,20)(H,18,19). The topological polar surface area (TPSA) is 66.4 Å². The predicted molar refractivity (Wildman–Crippen MR) is 78.5 cm³/mol. The second-order valence-corrected chi connectivity index (χ2v) is 5.98. The fourth-order valence-corrected chi connectivity index (χ4v) is 2.02. The van der Waals surface area contributed by atoms with Gasteiger partial charge in [0.1, 0.15) is 6.04 Å². The zero-order chi connectivity index (χ0) is 15.3. The van der Waals surface area contributed by atoms with Gasteiger partial charge in [0.2, 0.25) is 5.91 Å². The maximum absolute atomic E-state index is 12.4. The number of nitrogens with one attached hydrogen (secondary N) is 1. The number of benzene rings is 1. The van der Waals surface area contributed by atoms with E-state index in [1.54, 1.807) is 13.8 Å². The van der Waals surface area contributed by atoms with Crippen LogP contribution in [0.2, 0.25) is 0 Å². The molecule has 0 aliphatic rings. The van der Waals surface area contributed by atoms with E-state index in [4.69, 9.17) is 0 Å². The summed E-state index contributed by atoms with van der Waals surface area (Å²) in [4.78, 5) is 23.6. The Morgan fingerprint density at radius 2 is 1.75 bits per heavy atom. The molecule has 20 heavy (non-hydrogen) atoms. The first-order valence-electron chi connectivity index (χ1n) is 6.84. The van der Waals surface area contributed by atoms with E-state index in [1.807, 2.05) is 44.2 Å². The summed E-state index contributed by atoms with van der Waals surface area (Å²) in [6.07, 6.45) is 0.423.